The van der Waals surface area contributed by atoms with Gasteiger partial charge in [0.1, 0.15) is 7.05 Å². The summed E-state index contributed by atoms with van der Waals surface area (Å²) in [5.41, 5.74) is 10.1. The Hall–Kier alpha value is -3.26. The summed E-state index contributed by atoms with van der Waals surface area (Å²) in [5.74, 6) is 0. The molecule has 0 saturated carbocycles. The number of pyridine rings is 2. The second kappa shape index (κ2) is 6.38. The fourth-order valence-electron chi connectivity index (χ4n) is 5.03. The van der Waals surface area contributed by atoms with E-state index in [1.54, 1.807) is 0 Å². The third kappa shape index (κ3) is 2.56. The van der Waals surface area contributed by atoms with Crippen molar-refractivity contribution in [3.05, 3.63) is 83.2 Å². The molecule has 142 valence electrons. The van der Waals surface area contributed by atoms with E-state index in [0.29, 0.717) is 0 Å². The number of fused-ring (bicyclic) bond motifs is 6. The van der Waals surface area contributed by atoms with Crippen LogP contribution in [0.4, 0.5) is 0 Å². The zero-order chi connectivity index (χ0) is 20.3. The van der Waals surface area contributed by atoms with Crippen LogP contribution in [0.25, 0.3) is 43.7 Å². The van der Waals surface area contributed by atoms with E-state index in [1.807, 2.05) is 6.20 Å². The number of rotatable bonds is 1. The maximum Gasteiger partial charge on any atom is 0.222 e. The first-order valence-corrected chi connectivity index (χ1v) is 10.1. The van der Waals surface area contributed by atoms with Gasteiger partial charge in [0.25, 0.3) is 0 Å². The van der Waals surface area contributed by atoms with Crippen molar-refractivity contribution in [2.75, 3.05) is 0 Å². The summed E-state index contributed by atoms with van der Waals surface area (Å²) in [5, 5.41) is 5.03. The highest BCUT2D eigenvalue weighted by atomic mass is 14.9. The summed E-state index contributed by atoms with van der Waals surface area (Å²) in [4.78, 5) is 4.91. The molecule has 5 rings (SSSR count). The van der Waals surface area contributed by atoms with Gasteiger partial charge in [0, 0.05) is 17.6 Å². The molecular weight excluding hydrogens is 352 g/mol. The molecule has 29 heavy (non-hydrogen) atoms. The maximum absolute atomic E-state index is 4.91. The Kier molecular flexibility index (Phi) is 3.92. The van der Waals surface area contributed by atoms with Gasteiger partial charge in [0.2, 0.25) is 5.52 Å². The quantitative estimate of drug-likeness (QED) is 0.249. The smallest absolute Gasteiger partial charge is 0.222 e. The standard InChI is InChI=1S/C27H25N2/c1-16-14-18(3)23(19(4)15-16)22-9-6-8-20-21-10-7-13-29(5)27(21)24-17(2)11-12-28-26(24)25(20)22/h6-15H,1-5H3/q+1. The fraction of sp³-hybridized carbons (Fsp3) is 0.185. The molecule has 0 bridgehead atoms. The Labute approximate surface area is 171 Å². The minimum atomic E-state index is 1.09. The zero-order valence-electron chi connectivity index (χ0n) is 17.7. The van der Waals surface area contributed by atoms with Gasteiger partial charge in [0.15, 0.2) is 6.20 Å². The van der Waals surface area contributed by atoms with Gasteiger partial charge in [-0.3, -0.25) is 4.98 Å². The Bertz CT molecular complexity index is 1420. The molecule has 3 aromatic carbocycles. The van der Waals surface area contributed by atoms with Gasteiger partial charge in [0.05, 0.1) is 16.3 Å². The van der Waals surface area contributed by atoms with Gasteiger partial charge in [-0.1, -0.05) is 35.9 Å². The lowest BCUT2D eigenvalue weighted by Gasteiger charge is -2.17. The second-order valence-electron chi connectivity index (χ2n) is 8.23. The topological polar surface area (TPSA) is 16.8 Å². The van der Waals surface area contributed by atoms with Crippen LogP contribution in [-0.2, 0) is 7.05 Å². The predicted molar refractivity (Wildman–Crippen MR) is 122 cm³/mol. The van der Waals surface area contributed by atoms with Crippen LogP contribution in [0.1, 0.15) is 22.3 Å². The summed E-state index contributed by atoms with van der Waals surface area (Å²) in [6, 6.07) is 17.7. The molecule has 5 aromatic rings. The fourth-order valence-corrected chi connectivity index (χ4v) is 5.03. The zero-order valence-corrected chi connectivity index (χ0v) is 17.7. The number of benzene rings is 3. The third-order valence-corrected chi connectivity index (χ3v) is 6.11. The Morgan fingerprint density at radius 1 is 0.759 bits per heavy atom. The van der Waals surface area contributed by atoms with E-state index in [2.05, 4.69) is 94.0 Å². The molecule has 0 atom stereocenters. The van der Waals surface area contributed by atoms with Crippen LogP contribution in [0.5, 0.6) is 0 Å². The van der Waals surface area contributed by atoms with Crippen LogP contribution in [-0.4, -0.2) is 4.98 Å². The molecule has 0 amide bonds. The van der Waals surface area contributed by atoms with Crippen molar-refractivity contribution in [3.63, 3.8) is 0 Å². The average Bonchev–Trinajstić information content (AvgIpc) is 2.67. The summed E-state index contributed by atoms with van der Waals surface area (Å²) in [6.45, 7) is 8.79. The van der Waals surface area contributed by atoms with Gasteiger partial charge >= 0.3 is 0 Å². The highest BCUT2D eigenvalue weighted by molar-refractivity contribution is 6.26. The molecule has 0 N–H and O–H groups in total. The predicted octanol–water partition coefficient (Wildman–Crippen LogP) is 6.27. The molecule has 0 spiro atoms. The van der Waals surface area contributed by atoms with Crippen LogP contribution < -0.4 is 4.57 Å². The average molecular weight is 378 g/mol. The monoisotopic (exact) mass is 377 g/mol. The highest BCUT2D eigenvalue weighted by Gasteiger charge is 2.21. The second-order valence-corrected chi connectivity index (χ2v) is 8.23. The molecular formula is C27H25N2+. The van der Waals surface area contributed by atoms with Crippen LogP contribution in [0.2, 0.25) is 0 Å². The van der Waals surface area contributed by atoms with Crippen molar-refractivity contribution in [1.29, 1.82) is 0 Å². The van der Waals surface area contributed by atoms with Crippen molar-refractivity contribution < 1.29 is 4.57 Å². The number of aromatic nitrogens is 2. The van der Waals surface area contributed by atoms with Crippen LogP contribution in [0, 0.1) is 27.7 Å². The van der Waals surface area contributed by atoms with Gasteiger partial charge in [-0.25, -0.2) is 4.57 Å². The van der Waals surface area contributed by atoms with Crippen molar-refractivity contribution in [1.82, 2.24) is 4.98 Å². The molecule has 0 aliphatic carbocycles. The first-order chi connectivity index (χ1) is 14.0. The minimum Gasteiger partial charge on any atom is -0.255 e. The SMILES string of the molecule is Cc1cc(C)c(-c2cccc3c4ccc[n+](C)c4c4c(C)ccnc4c23)c(C)c1. The molecule has 2 nitrogen and oxygen atoms in total. The van der Waals surface area contributed by atoms with Gasteiger partial charge in [-0.2, -0.15) is 0 Å². The van der Waals surface area contributed by atoms with Crippen molar-refractivity contribution in [2.24, 2.45) is 7.05 Å². The van der Waals surface area contributed by atoms with E-state index in [0.717, 1.165) is 5.52 Å². The Balaban J connectivity index is 2.10. The van der Waals surface area contributed by atoms with E-state index >= 15 is 0 Å². The summed E-state index contributed by atoms with van der Waals surface area (Å²) < 4.78 is 2.22. The molecule has 0 fully saturated rings. The summed E-state index contributed by atoms with van der Waals surface area (Å²) in [7, 11) is 2.12. The number of aryl methyl sites for hydroxylation is 5. The molecule has 0 saturated heterocycles. The molecule has 0 aliphatic heterocycles. The lowest BCUT2D eigenvalue weighted by Crippen LogP contribution is -2.28. The highest BCUT2D eigenvalue weighted by Crippen LogP contribution is 2.41. The van der Waals surface area contributed by atoms with Gasteiger partial charge in [-0.15, -0.1) is 0 Å². The van der Waals surface area contributed by atoms with Crippen molar-refractivity contribution in [3.8, 4) is 11.1 Å². The maximum atomic E-state index is 4.91. The molecule has 2 heteroatoms. The number of nitrogens with zero attached hydrogens (tertiary/aromatic N) is 2. The van der Waals surface area contributed by atoms with Crippen LogP contribution in [0.3, 0.4) is 0 Å². The molecule has 0 aliphatic rings. The van der Waals surface area contributed by atoms with Crippen molar-refractivity contribution >= 4 is 32.6 Å². The lowest BCUT2D eigenvalue weighted by molar-refractivity contribution is -0.644. The first-order valence-electron chi connectivity index (χ1n) is 10.1. The van der Waals surface area contributed by atoms with E-state index in [1.165, 1.54) is 60.4 Å². The van der Waals surface area contributed by atoms with E-state index in [9.17, 15) is 0 Å². The summed E-state index contributed by atoms with van der Waals surface area (Å²) >= 11 is 0. The normalized spacial score (nSPS) is 11.6. The van der Waals surface area contributed by atoms with Gasteiger partial charge < -0.3 is 0 Å². The van der Waals surface area contributed by atoms with Crippen LogP contribution in [0.15, 0.2) is 60.9 Å². The van der Waals surface area contributed by atoms with Crippen molar-refractivity contribution in [2.45, 2.75) is 27.7 Å². The molecule has 0 unspecified atom stereocenters. The minimum absolute atomic E-state index is 1.09. The van der Waals surface area contributed by atoms with Crippen LogP contribution >= 0.6 is 0 Å². The van der Waals surface area contributed by atoms with Gasteiger partial charge in [-0.05, 0) is 73.0 Å². The summed E-state index contributed by atoms with van der Waals surface area (Å²) in [6.07, 6.45) is 4.07. The molecule has 2 aromatic heterocycles. The van der Waals surface area contributed by atoms with E-state index in [-0.39, 0.29) is 0 Å². The lowest BCUT2D eigenvalue weighted by atomic mass is 9.88. The largest absolute Gasteiger partial charge is 0.255 e. The number of hydrogen-bond donors (Lipinski definition) is 0. The first kappa shape index (κ1) is 17.8. The van der Waals surface area contributed by atoms with E-state index in [4.69, 9.17) is 4.98 Å². The van der Waals surface area contributed by atoms with E-state index < -0.39 is 0 Å². The molecule has 2 heterocycles. The number of hydrogen-bond acceptors (Lipinski definition) is 1. The Morgan fingerprint density at radius 3 is 2.24 bits per heavy atom. The Morgan fingerprint density at radius 2 is 1.48 bits per heavy atom. The molecule has 0 radical (unpaired) electrons. The third-order valence-electron chi connectivity index (χ3n) is 6.11.